The van der Waals surface area contributed by atoms with E-state index in [2.05, 4.69) is 5.32 Å². The Labute approximate surface area is 127 Å². The van der Waals surface area contributed by atoms with Crippen molar-refractivity contribution in [2.45, 2.75) is 6.92 Å². The predicted molar refractivity (Wildman–Crippen MR) is 80.9 cm³/mol. The van der Waals surface area contributed by atoms with Gasteiger partial charge in [0.25, 0.3) is 5.91 Å². The molecule has 5 nitrogen and oxygen atoms in total. The Morgan fingerprint density at radius 2 is 1.55 bits per heavy atom. The lowest BCUT2D eigenvalue weighted by atomic mass is 10.1. The van der Waals surface area contributed by atoms with Crippen molar-refractivity contribution in [3.63, 3.8) is 0 Å². The van der Waals surface area contributed by atoms with Crippen LogP contribution in [-0.2, 0) is 4.79 Å². The summed E-state index contributed by atoms with van der Waals surface area (Å²) in [6.07, 6.45) is 0. The van der Waals surface area contributed by atoms with Gasteiger partial charge in [0.2, 0.25) is 0 Å². The molecule has 2 aromatic rings. The summed E-state index contributed by atoms with van der Waals surface area (Å²) in [5.74, 6) is -0.573. The van der Waals surface area contributed by atoms with Crippen LogP contribution < -0.4 is 10.1 Å². The number of rotatable bonds is 5. The van der Waals surface area contributed by atoms with E-state index in [9.17, 15) is 14.4 Å². The molecule has 0 bridgehead atoms. The molecule has 0 aliphatic heterocycles. The number of hydrogen-bond acceptors (Lipinski definition) is 4. The highest BCUT2D eigenvalue weighted by atomic mass is 16.5. The molecule has 5 heteroatoms. The van der Waals surface area contributed by atoms with Gasteiger partial charge in [0.05, 0.1) is 6.54 Å². The largest absolute Gasteiger partial charge is 0.427 e. The number of ketones is 1. The smallest absolute Gasteiger partial charge is 0.308 e. The van der Waals surface area contributed by atoms with Crippen molar-refractivity contribution >= 4 is 17.7 Å². The van der Waals surface area contributed by atoms with Crippen LogP contribution in [0.4, 0.5) is 0 Å². The van der Waals surface area contributed by atoms with E-state index in [-0.39, 0.29) is 18.2 Å². The zero-order valence-electron chi connectivity index (χ0n) is 12.0. The first-order valence-electron chi connectivity index (χ1n) is 6.71. The fourth-order valence-corrected chi connectivity index (χ4v) is 1.83. The molecule has 0 saturated carbocycles. The van der Waals surface area contributed by atoms with Gasteiger partial charge in [-0.3, -0.25) is 14.4 Å². The zero-order valence-corrected chi connectivity index (χ0v) is 12.0. The lowest BCUT2D eigenvalue weighted by Crippen LogP contribution is -2.29. The highest BCUT2D eigenvalue weighted by Gasteiger charge is 2.10. The number of carbonyl (C=O) groups excluding carboxylic acids is 3. The summed E-state index contributed by atoms with van der Waals surface area (Å²) >= 11 is 0. The Morgan fingerprint density at radius 3 is 2.14 bits per heavy atom. The van der Waals surface area contributed by atoms with E-state index in [0.29, 0.717) is 16.9 Å². The second-order valence-electron chi connectivity index (χ2n) is 4.59. The van der Waals surface area contributed by atoms with Crippen molar-refractivity contribution in [1.82, 2.24) is 5.32 Å². The maximum absolute atomic E-state index is 12.0. The molecule has 2 rings (SSSR count). The summed E-state index contributed by atoms with van der Waals surface area (Å²) in [6, 6.07) is 14.8. The van der Waals surface area contributed by atoms with Gasteiger partial charge in [0.1, 0.15) is 5.75 Å². The fraction of sp³-hybridized carbons (Fsp3) is 0.118. The van der Waals surface area contributed by atoms with Gasteiger partial charge in [0.15, 0.2) is 5.78 Å². The molecule has 0 heterocycles. The van der Waals surface area contributed by atoms with Crippen LogP contribution in [-0.4, -0.2) is 24.2 Å². The average molecular weight is 297 g/mol. The predicted octanol–water partition coefficient (Wildman–Crippen LogP) is 2.22. The third-order valence-electron chi connectivity index (χ3n) is 2.88. The molecule has 0 aliphatic rings. The van der Waals surface area contributed by atoms with Crippen molar-refractivity contribution in [2.75, 3.05) is 6.54 Å². The summed E-state index contributed by atoms with van der Waals surface area (Å²) < 4.78 is 4.89. The standard InChI is InChI=1S/C17H15NO4/c1-12(19)22-15-9-7-13(8-10-15)16(20)11-18-17(21)14-5-3-2-4-6-14/h2-10H,11H2,1H3,(H,18,21). The maximum Gasteiger partial charge on any atom is 0.308 e. The molecule has 0 unspecified atom stereocenters. The van der Waals surface area contributed by atoms with Crippen LogP contribution in [0.1, 0.15) is 27.6 Å². The molecule has 0 saturated heterocycles. The van der Waals surface area contributed by atoms with Gasteiger partial charge < -0.3 is 10.1 Å². The van der Waals surface area contributed by atoms with Crippen LogP contribution in [0, 0.1) is 0 Å². The topological polar surface area (TPSA) is 72.5 Å². The van der Waals surface area contributed by atoms with Crippen LogP contribution in [0.25, 0.3) is 0 Å². The summed E-state index contributed by atoms with van der Waals surface area (Å²) in [5.41, 5.74) is 0.935. The minimum absolute atomic E-state index is 0.0966. The second-order valence-corrected chi connectivity index (χ2v) is 4.59. The molecule has 112 valence electrons. The summed E-state index contributed by atoms with van der Waals surface area (Å²) in [4.78, 5) is 34.6. The van der Waals surface area contributed by atoms with E-state index >= 15 is 0 Å². The Bertz CT molecular complexity index is 678. The van der Waals surface area contributed by atoms with E-state index in [0.717, 1.165) is 0 Å². The van der Waals surface area contributed by atoms with Crippen molar-refractivity contribution in [3.8, 4) is 5.75 Å². The third-order valence-corrected chi connectivity index (χ3v) is 2.88. The Morgan fingerprint density at radius 1 is 0.909 bits per heavy atom. The van der Waals surface area contributed by atoms with Crippen molar-refractivity contribution in [1.29, 1.82) is 0 Å². The van der Waals surface area contributed by atoms with Crippen molar-refractivity contribution in [2.24, 2.45) is 0 Å². The number of ether oxygens (including phenoxy) is 1. The van der Waals surface area contributed by atoms with Gasteiger partial charge in [0, 0.05) is 18.1 Å². The van der Waals surface area contributed by atoms with E-state index in [1.54, 1.807) is 36.4 Å². The molecule has 1 amide bonds. The van der Waals surface area contributed by atoms with Crippen LogP contribution in [0.15, 0.2) is 54.6 Å². The van der Waals surface area contributed by atoms with Crippen molar-refractivity contribution < 1.29 is 19.1 Å². The molecule has 0 aliphatic carbocycles. The number of Topliss-reactive ketones (excluding diaryl/α,β-unsaturated/α-hetero) is 1. The Balaban J connectivity index is 1.92. The first kappa shape index (κ1) is 15.4. The summed E-state index contributed by atoms with van der Waals surface area (Å²) in [5, 5.41) is 2.57. The lowest BCUT2D eigenvalue weighted by molar-refractivity contribution is -0.131. The highest BCUT2D eigenvalue weighted by molar-refractivity contribution is 6.02. The number of carbonyl (C=O) groups is 3. The molecule has 0 fully saturated rings. The second kappa shape index (κ2) is 7.17. The Kier molecular flexibility index (Phi) is 5.03. The number of amides is 1. The van der Waals surface area contributed by atoms with Gasteiger partial charge in [-0.1, -0.05) is 18.2 Å². The zero-order chi connectivity index (χ0) is 15.9. The maximum atomic E-state index is 12.0. The number of hydrogen-bond donors (Lipinski definition) is 1. The molecule has 2 aromatic carbocycles. The fourth-order valence-electron chi connectivity index (χ4n) is 1.83. The van der Waals surface area contributed by atoms with Crippen LogP contribution in [0.2, 0.25) is 0 Å². The van der Waals surface area contributed by atoms with E-state index in [4.69, 9.17) is 4.74 Å². The number of esters is 1. The quantitative estimate of drug-likeness (QED) is 0.522. The van der Waals surface area contributed by atoms with Crippen LogP contribution in [0.5, 0.6) is 5.75 Å². The van der Waals surface area contributed by atoms with Gasteiger partial charge in [-0.25, -0.2) is 0 Å². The monoisotopic (exact) mass is 297 g/mol. The first-order chi connectivity index (χ1) is 10.6. The minimum Gasteiger partial charge on any atom is -0.427 e. The van der Waals surface area contributed by atoms with Gasteiger partial charge in [-0.05, 0) is 36.4 Å². The molecule has 0 spiro atoms. The third kappa shape index (κ3) is 4.28. The molecule has 0 radical (unpaired) electrons. The van der Waals surface area contributed by atoms with Crippen molar-refractivity contribution in [3.05, 3.63) is 65.7 Å². The molecule has 0 atom stereocenters. The van der Waals surface area contributed by atoms with Gasteiger partial charge in [-0.15, -0.1) is 0 Å². The molecule has 22 heavy (non-hydrogen) atoms. The SMILES string of the molecule is CC(=O)Oc1ccc(C(=O)CNC(=O)c2ccccc2)cc1. The summed E-state index contributed by atoms with van der Waals surface area (Å²) in [6.45, 7) is 1.21. The van der Waals surface area contributed by atoms with Crippen LogP contribution in [0.3, 0.4) is 0 Å². The van der Waals surface area contributed by atoms with Gasteiger partial charge >= 0.3 is 5.97 Å². The highest BCUT2D eigenvalue weighted by Crippen LogP contribution is 2.12. The minimum atomic E-state index is -0.422. The average Bonchev–Trinajstić information content (AvgIpc) is 2.53. The molecular weight excluding hydrogens is 282 g/mol. The summed E-state index contributed by atoms with van der Waals surface area (Å²) in [7, 11) is 0. The van der Waals surface area contributed by atoms with E-state index in [1.807, 2.05) is 6.07 Å². The number of nitrogens with one attached hydrogen (secondary N) is 1. The number of benzene rings is 2. The van der Waals surface area contributed by atoms with E-state index < -0.39 is 5.97 Å². The molecule has 0 aromatic heterocycles. The normalized spacial score (nSPS) is 9.86. The van der Waals surface area contributed by atoms with Gasteiger partial charge in [-0.2, -0.15) is 0 Å². The Hall–Kier alpha value is -2.95. The lowest BCUT2D eigenvalue weighted by Gasteiger charge is -2.06. The first-order valence-corrected chi connectivity index (χ1v) is 6.71. The molecular formula is C17H15NO4. The van der Waals surface area contributed by atoms with Crippen LogP contribution >= 0.6 is 0 Å². The van der Waals surface area contributed by atoms with E-state index in [1.165, 1.54) is 19.1 Å². The molecule has 1 N–H and O–H groups in total.